The van der Waals surface area contributed by atoms with Gasteiger partial charge in [0, 0.05) is 45.9 Å². The molecule has 2 N–H and O–H groups in total. The van der Waals surface area contributed by atoms with Crippen LogP contribution in [0.25, 0.3) is 0 Å². The maximum atomic E-state index is 11.9. The summed E-state index contributed by atoms with van der Waals surface area (Å²) in [7, 11) is -0.568. The summed E-state index contributed by atoms with van der Waals surface area (Å²) in [5.41, 5.74) is 0. The first-order chi connectivity index (χ1) is 10.1. The van der Waals surface area contributed by atoms with E-state index in [1.54, 1.807) is 12.3 Å². The van der Waals surface area contributed by atoms with Crippen molar-refractivity contribution in [3.05, 3.63) is 24.2 Å². The summed E-state index contributed by atoms with van der Waals surface area (Å²) in [4.78, 5) is 13.3. The molecule has 0 aromatic carbocycles. The Balaban J connectivity index is 1.99. The van der Waals surface area contributed by atoms with E-state index in [4.69, 9.17) is 13.8 Å². The molecule has 2 aliphatic heterocycles. The highest BCUT2D eigenvalue weighted by molar-refractivity contribution is 7.57. The van der Waals surface area contributed by atoms with Crippen molar-refractivity contribution < 1.29 is 23.1 Å². The van der Waals surface area contributed by atoms with Crippen LogP contribution >= 0.6 is 7.60 Å². The van der Waals surface area contributed by atoms with Crippen LogP contribution in [0.15, 0.2) is 24.2 Å². The number of nitrogens with zero attached hydrogens (tertiary/aromatic N) is 1. The van der Waals surface area contributed by atoms with Crippen LogP contribution in [0.1, 0.15) is 0 Å². The summed E-state index contributed by atoms with van der Waals surface area (Å²) in [5.74, 6) is 1.37. The Morgan fingerprint density at radius 3 is 2.86 bits per heavy atom. The third-order valence-electron chi connectivity index (χ3n) is 3.17. The summed E-state index contributed by atoms with van der Waals surface area (Å²) in [6.07, 6.45) is 4.42. The highest BCUT2D eigenvalue weighted by atomic mass is 31.2. The fraction of sp³-hybridized carbons (Fsp3) is 0.583. The molecule has 0 aromatic rings. The number of nitrogens with one attached hydrogen (secondary N) is 2. The summed E-state index contributed by atoms with van der Waals surface area (Å²) in [6.45, 7) is 1.59. The highest BCUT2D eigenvalue weighted by Crippen LogP contribution is 2.48. The molecule has 1 fully saturated rings. The molecule has 0 spiro atoms. The molecule has 9 heteroatoms. The van der Waals surface area contributed by atoms with Crippen LogP contribution in [0, 0.1) is 0 Å². The highest BCUT2D eigenvalue weighted by Gasteiger charge is 2.29. The lowest BCUT2D eigenvalue weighted by Crippen LogP contribution is -2.55. The lowest BCUT2D eigenvalue weighted by atomic mass is 10.3. The van der Waals surface area contributed by atoms with Gasteiger partial charge in [0.1, 0.15) is 0 Å². The lowest BCUT2D eigenvalue weighted by molar-refractivity contribution is -0.0691. The van der Waals surface area contributed by atoms with Crippen LogP contribution in [0.4, 0.5) is 4.79 Å². The largest absolute Gasteiger partial charge is 0.353 e. The molecule has 2 heterocycles. The molecule has 2 unspecified atom stereocenters. The average molecular weight is 317 g/mol. The molecule has 0 bridgehead atoms. The van der Waals surface area contributed by atoms with Crippen molar-refractivity contribution in [1.29, 1.82) is 0 Å². The molecule has 0 aromatic heterocycles. The monoisotopic (exact) mass is 317 g/mol. The smallest absolute Gasteiger partial charge is 0.348 e. The number of hydrogen-bond donors (Lipinski definition) is 2. The van der Waals surface area contributed by atoms with E-state index < -0.39 is 13.8 Å². The average Bonchev–Trinajstić information content (AvgIpc) is 2.53. The van der Waals surface area contributed by atoms with Gasteiger partial charge in [0.25, 0.3) is 0 Å². The van der Waals surface area contributed by atoms with Gasteiger partial charge in [0.05, 0.1) is 6.10 Å². The molecule has 0 radical (unpaired) electrons. The Morgan fingerprint density at radius 2 is 2.19 bits per heavy atom. The summed E-state index contributed by atoms with van der Waals surface area (Å²) in [5, 5.41) is 5.88. The third-order valence-corrected chi connectivity index (χ3v) is 4.73. The zero-order chi connectivity index (χ0) is 15.3. The second-order valence-corrected chi connectivity index (χ2v) is 6.62. The van der Waals surface area contributed by atoms with E-state index in [2.05, 4.69) is 10.6 Å². The molecule has 118 valence electrons. The Hall–Kier alpha value is -1.18. The normalized spacial score (nSPS) is 27.1. The van der Waals surface area contributed by atoms with E-state index >= 15 is 0 Å². The zero-order valence-corrected chi connectivity index (χ0v) is 12.9. The van der Waals surface area contributed by atoms with Crippen molar-refractivity contribution in [2.45, 2.75) is 12.3 Å². The van der Waals surface area contributed by atoms with Gasteiger partial charge in [-0.2, -0.15) is 0 Å². The Morgan fingerprint density at radius 1 is 1.43 bits per heavy atom. The van der Waals surface area contributed by atoms with Crippen molar-refractivity contribution in [2.75, 3.05) is 33.9 Å². The molecule has 2 atom stereocenters. The van der Waals surface area contributed by atoms with Crippen LogP contribution in [0.3, 0.4) is 0 Å². The predicted octanol–water partition coefficient (Wildman–Crippen LogP) is 0.839. The molecule has 1 saturated heterocycles. The van der Waals surface area contributed by atoms with E-state index in [0.29, 0.717) is 19.6 Å². The molecule has 2 amide bonds. The lowest BCUT2D eigenvalue weighted by Gasteiger charge is -2.36. The minimum Gasteiger partial charge on any atom is -0.348 e. The van der Waals surface area contributed by atoms with Gasteiger partial charge in [-0.3, -0.25) is 9.46 Å². The van der Waals surface area contributed by atoms with Gasteiger partial charge in [0.2, 0.25) is 0 Å². The van der Waals surface area contributed by atoms with Crippen LogP contribution in [-0.2, 0) is 18.3 Å². The standard InChI is InChI=1S/C12H20N3O5P/c1-18-21(17,19-2)7-4-10-8-13-9-11(20-10)15-6-3-5-14-12(15)16/h3-4,6-7,10-11,13H,5,8-9H2,1-2H3,(H,14,16)/b7-4+. The third kappa shape index (κ3) is 4.15. The minimum absolute atomic E-state index is 0.201. The number of rotatable bonds is 5. The summed E-state index contributed by atoms with van der Waals surface area (Å²) >= 11 is 0. The predicted molar refractivity (Wildman–Crippen MR) is 76.7 cm³/mol. The van der Waals surface area contributed by atoms with Gasteiger partial charge in [-0.15, -0.1) is 0 Å². The first kappa shape index (κ1) is 16.2. The second kappa shape index (κ2) is 7.20. The summed E-state index contributed by atoms with van der Waals surface area (Å²) < 4.78 is 27.4. The van der Waals surface area contributed by atoms with Gasteiger partial charge < -0.3 is 24.4 Å². The zero-order valence-electron chi connectivity index (χ0n) is 12.0. The molecule has 0 saturated carbocycles. The van der Waals surface area contributed by atoms with Crippen molar-refractivity contribution >= 4 is 13.6 Å². The first-order valence-electron chi connectivity index (χ1n) is 6.57. The molecule has 8 nitrogen and oxygen atoms in total. The Bertz CT molecular complexity index is 474. The van der Waals surface area contributed by atoms with Crippen molar-refractivity contribution in [1.82, 2.24) is 15.5 Å². The van der Waals surface area contributed by atoms with E-state index in [-0.39, 0.29) is 12.1 Å². The first-order valence-corrected chi connectivity index (χ1v) is 8.19. The topological polar surface area (TPSA) is 89.1 Å². The minimum atomic E-state index is -3.21. The van der Waals surface area contributed by atoms with E-state index in [0.717, 1.165) is 0 Å². The molecular weight excluding hydrogens is 297 g/mol. The van der Waals surface area contributed by atoms with Crippen molar-refractivity contribution in [3.8, 4) is 0 Å². The van der Waals surface area contributed by atoms with E-state index in [9.17, 15) is 9.36 Å². The van der Waals surface area contributed by atoms with E-state index in [1.165, 1.54) is 24.9 Å². The molecule has 2 aliphatic rings. The van der Waals surface area contributed by atoms with Crippen LogP contribution in [0.2, 0.25) is 0 Å². The number of hydrogen-bond acceptors (Lipinski definition) is 6. The van der Waals surface area contributed by atoms with Gasteiger partial charge >= 0.3 is 13.6 Å². The van der Waals surface area contributed by atoms with Gasteiger partial charge in [-0.1, -0.05) is 0 Å². The molecule has 2 rings (SSSR count). The Labute approximate surface area is 123 Å². The number of urea groups is 1. The second-order valence-electron chi connectivity index (χ2n) is 4.51. The molecule has 0 aliphatic carbocycles. The SMILES string of the molecule is COP(=O)(/C=C/C1CNCC(N2C=CCNC2=O)O1)OC. The van der Waals surface area contributed by atoms with Crippen LogP contribution < -0.4 is 10.6 Å². The van der Waals surface area contributed by atoms with Gasteiger partial charge in [-0.25, -0.2) is 4.79 Å². The van der Waals surface area contributed by atoms with Crippen LogP contribution in [-0.4, -0.2) is 57.1 Å². The number of amides is 2. The fourth-order valence-corrected chi connectivity index (χ4v) is 2.82. The number of ether oxygens (including phenoxy) is 1. The quantitative estimate of drug-likeness (QED) is 0.731. The number of carbonyl (C=O) groups excluding carboxylic acids is 1. The van der Waals surface area contributed by atoms with Gasteiger partial charge in [-0.05, 0) is 12.2 Å². The van der Waals surface area contributed by atoms with Crippen LogP contribution in [0.5, 0.6) is 0 Å². The van der Waals surface area contributed by atoms with Gasteiger partial charge in [0.15, 0.2) is 6.23 Å². The van der Waals surface area contributed by atoms with E-state index in [1.807, 2.05) is 6.08 Å². The maximum absolute atomic E-state index is 11.9. The maximum Gasteiger partial charge on any atom is 0.353 e. The molecule has 21 heavy (non-hydrogen) atoms. The number of morpholine rings is 1. The number of carbonyl (C=O) groups is 1. The van der Waals surface area contributed by atoms with Crippen molar-refractivity contribution in [2.24, 2.45) is 0 Å². The fourth-order valence-electron chi connectivity index (χ4n) is 2.02. The van der Waals surface area contributed by atoms with Crippen molar-refractivity contribution in [3.63, 3.8) is 0 Å². The molecular formula is C12H20N3O5P. The Kier molecular flexibility index (Phi) is 5.55. The summed E-state index contributed by atoms with van der Waals surface area (Å²) in [6, 6.07) is -0.201.